The van der Waals surface area contributed by atoms with E-state index in [0.29, 0.717) is 17.3 Å². The largest absolute Gasteiger partial charge is 0.324 e. The molecule has 3 aromatic rings. The second kappa shape index (κ2) is 6.98. The summed E-state index contributed by atoms with van der Waals surface area (Å²) in [4.78, 5) is 18.2. The number of anilines is 1. The maximum absolute atomic E-state index is 14.4. The highest BCUT2D eigenvalue weighted by Crippen LogP contribution is 2.24. The zero-order chi connectivity index (χ0) is 19.0. The van der Waals surface area contributed by atoms with Gasteiger partial charge in [0.05, 0.1) is 0 Å². The van der Waals surface area contributed by atoms with Crippen molar-refractivity contribution >= 4 is 22.8 Å². The van der Waals surface area contributed by atoms with E-state index in [-0.39, 0.29) is 11.7 Å². The highest BCUT2D eigenvalue weighted by Gasteiger charge is 2.20. The third kappa shape index (κ3) is 3.37. The van der Waals surface area contributed by atoms with Crippen LogP contribution < -0.4 is 5.32 Å². The van der Waals surface area contributed by atoms with Crippen molar-refractivity contribution in [3.8, 4) is 5.69 Å². The molecule has 1 saturated heterocycles. The Balaban J connectivity index is 1.65. The van der Waals surface area contributed by atoms with Crippen molar-refractivity contribution in [2.24, 2.45) is 0 Å². The number of carbonyl (C=O) groups is 1. The molecule has 3 heterocycles. The summed E-state index contributed by atoms with van der Waals surface area (Å²) < 4.78 is 15.9. The minimum absolute atomic E-state index is 0.163. The number of carbonyl (C=O) groups excluding carboxylic acids is 1. The predicted octanol–water partition coefficient (Wildman–Crippen LogP) is 4.31. The van der Waals surface area contributed by atoms with Crippen LogP contribution in [0.15, 0.2) is 36.7 Å². The molecule has 0 saturated carbocycles. The molecule has 140 valence electrons. The first-order valence-electron chi connectivity index (χ1n) is 9.26. The van der Waals surface area contributed by atoms with E-state index in [2.05, 4.69) is 29.2 Å². The van der Waals surface area contributed by atoms with Crippen LogP contribution in [0.5, 0.6) is 0 Å². The van der Waals surface area contributed by atoms with Crippen molar-refractivity contribution in [2.45, 2.75) is 32.6 Å². The monoisotopic (exact) mass is 367 g/mol. The maximum Gasteiger partial charge on any atom is 0.321 e. The minimum Gasteiger partial charge on any atom is -0.324 e. The third-order valence-corrected chi connectivity index (χ3v) is 5.15. The maximum atomic E-state index is 14.4. The summed E-state index contributed by atoms with van der Waals surface area (Å²) >= 11 is 0. The molecule has 1 N–H and O–H groups in total. The Morgan fingerprint density at radius 2 is 2.15 bits per heavy atom. The zero-order valence-corrected chi connectivity index (χ0v) is 15.4. The summed E-state index contributed by atoms with van der Waals surface area (Å²) in [6, 6.07) is 6.37. The highest BCUT2D eigenvalue weighted by atomic mass is 19.1. The van der Waals surface area contributed by atoms with Crippen LogP contribution in [-0.4, -0.2) is 38.8 Å². The van der Waals surface area contributed by atoms with Crippen LogP contribution in [0.3, 0.4) is 0 Å². The molecule has 1 aliphatic rings. The fraction of sp³-hybridized carbons (Fsp3) is 0.350. The van der Waals surface area contributed by atoms with E-state index >= 15 is 0 Å². The van der Waals surface area contributed by atoms with Gasteiger partial charge in [0.25, 0.3) is 0 Å². The predicted molar refractivity (Wildman–Crippen MR) is 103 cm³/mol. The molecule has 4 rings (SSSR count). The van der Waals surface area contributed by atoms with Crippen molar-refractivity contribution in [1.82, 2.24) is 19.7 Å². The molecular weight excluding hydrogens is 345 g/mol. The van der Waals surface area contributed by atoms with Gasteiger partial charge in [-0.25, -0.2) is 18.9 Å². The molecule has 1 aromatic carbocycles. The second-order valence-electron chi connectivity index (χ2n) is 7.00. The summed E-state index contributed by atoms with van der Waals surface area (Å²) in [6.45, 7) is 5.80. The van der Waals surface area contributed by atoms with E-state index in [1.807, 2.05) is 12.3 Å². The molecule has 1 unspecified atom stereocenters. The van der Waals surface area contributed by atoms with Crippen molar-refractivity contribution in [1.29, 1.82) is 0 Å². The Kier molecular flexibility index (Phi) is 4.51. The Hall–Kier alpha value is -2.96. The van der Waals surface area contributed by atoms with Crippen molar-refractivity contribution in [3.05, 3.63) is 48.0 Å². The van der Waals surface area contributed by atoms with Crippen LogP contribution in [0.4, 0.5) is 14.9 Å². The Labute approximate surface area is 157 Å². The molecule has 27 heavy (non-hydrogen) atoms. The number of rotatable bonds is 4. The van der Waals surface area contributed by atoms with Gasteiger partial charge in [0.1, 0.15) is 11.5 Å². The van der Waals surface area contributed by atoms with E-state index in [1.54, 1.807) is 23.2 Å². The number of hydrogen-bond acceptors (Lipinski definition) is 3. The lowest BCUT2D eigenvalue weighted by molar-refractivity contribution is 0.181. The summed E-state index contributed by atoms with van der Waals surface area (Å²) in [5.74, 6) is -0.00561. The number of nitrogens with one attached hydrogen (secondary N) is 1. The van der Waals surface area contributed by atoms with Gasteiger partial charge < -0.3 is 10.2 Å². The molecule has 1 fully saturated rings. The summed E-state index contributed by atoms with van der Waals surface area (Å²) in [7, 11) is 0. The molecule has 0 aliphatic carbocycles. The van der Waals surface area contributed by atoms with Crippen LogP contribution in [0.1, 0.15) is 38.2 Å². The quantitative estimate of drug-likeness (QED) is 0.747. The van der Waals surface area contributed by atoms with Crippen LogP contribution >= 0.6 is 0 Å². The Bertz CT molecular complexity index is 995. The number of pyridine rings is 1. The molecule has 0 bridgehead atoms. The van der Waals surface area contributed by atoms with Gasteiger partial charge >= 0.3 is 6.03 Å². The van der Waals surface area contributed by atoms with Crippen LogP contribution in [0.25, 0.3) is 16.7 Å². The number of benzene rings is 1. The first-order valence-corrected chi connectivity index (χ1v) is 9.26. The van der Waals surface area contributed by atoms with Gasteiger partial charge in [0.2, 0.25) is 0 Å². The number of hydrogen-bond donors (Lipinski definition) is 1. The Morgan fingerprint density at radius 3 is 2.85 bits per heavy atom. The molecule has 0 radical (unpaired) electrons. The lowest BCUT2D eigenvalue weighted by Crippen LogP contribution is -2.44. The first-order chi connectivity index (χ1) is 13.0. The topological polar surface area (TPSA) is 63.1 Å². The number of fused-ring (bicyclic) bond motifs is 1. The van der Waals surface area contributed by atoms with Crippen molar-refractivity contribution in [2.75, 3.05) is 18.4 Å². The van der Waals surface area contributed by atoms with Crippen LogP contribution in [0, 0.1) is 5.82 Å². The minimum atomic E-state index is -0.410. The number of likely N-dealkylation sites (tertiary alicyclic amines) is 1. The third-order valence-electron chi connectivity index (χ3n) is 5.15. The van der Waals surface area contributed by atoms with E-state index in [9.17, 15) is 9.18 Å². The lowest BCUT2D eigenvalue weighted by Gasteiger charge is -2.30. The zero-order valence-electron chi connectivity index (χ0n) is 15.4. The van der Waals surface area contributed by atoms with Gasteiger partial charge in [-0.2, -0.15) is 0 Å². The Morgan fingerprint density at radius 1 is 1.33 bits per heavy atom. The van der Waals surface area contributed by atoms with Crippen molar-refractivity contribution in [3.63, 3.8) is 0 Å². The van der Waals surface area contributed by atoms with Gasteiger partial charge in [-0.15, -0.1) is 5.10 Å². The number of nitrogens with zero attached hydrogens (tertiary/aromatic N) is 4. The van der Waals surface area contributed by atoms with Gasteiger partial charge in [-0.1, -0.05) is 13.8 Å². The lowest BCUT2D eigenvalue weighted by atomic mass is 10.0. The molecule has 1 atom stereocenters. The standard InChI is InChI=1S/C20H22FN5O/c1-3-13(2)14-9-15-12-26(24-19(15)22-11-14)18-10-16(5-6-17(18)21)23-20(27)25-7-4-8-25/h5-6,9-13H,3-4,7-8H2,1-2H3,(H,23,27). The molecule has 7 heteroatoms. The van der Waals surface area contributed by atoms with Crippen LogP contribution in [0.2, 0.25) is 0 Å². The molecule has 2 amide bonds. The summed E-state index contributed by atoms with van der Waals surface area (Å²) in [5.41, 5.74) is 2.52. The van der Waals surface area contributed by atoms with E-state index in [4.69, 9.17) is 0 Å². The number of amides is 2. The SMILES string of the molecule is CCC(C)c1cnc2nn(-c3cc(NC(=O)N4CCC4)ccc3F)cc2c1. The van der Waals surface area contributed by atoms with E-state index < -0.39 is 5.82 Å². The van der Waals surface area contributed by atoms with E-state index in [1.165, 1.54) is 10.7 Å². The molecule has 0 spiro atoms. The van der Waals surface area contributed by atoms with Crippen molar-refractivity contribution < 1.29 is 9.18 Å². The van der Waals surface area contributed by atoms with Gasteiger partial charge in [0, 0.05) is 36.6 Å². The summed E-state index contributed by atoms with van der Waals surface area (Å²) in [6.07, 6.45) is 5.64. The normalized spacial score (nSPS) is 14.9. The number of halogens is 1. The smallest absolute Gasteiger partial charge is 0.321 e. The second-order valence-corrected chi connectivity index (χ2v) is 7.00. The van der Waals surface area contributed by atoms with Gasteiger partial charge in [-0.3, -0.25) is 0 Å². The molecule has 6 nitrogen and oxygen atoms in total. The average molecular weight is 367 g/mol. The molecule has 2 aromatic heterocycles. The van der Waals surface area contributed by atoms with E-state index in [0.717, 1.165) is 36.9 Å². The number of aromatic nitrogens is 3. The van der Waals surface area contributed by atoms with Gasteiger partial charge in [0.15, 0.2) is 5.65 Å². The first kappa shape index (κ1) is 17.5. The van der Waals surface area contributed by atoms with Gasteiger partial charge in [-0.05, 0) is 48.6 Å². The highest BCUT2D eigenvalue weighted by molar-refractivity contribution is 5.90. The fourth-order valence-electron chi connectivity index (χ4n) is 3.05. The fourth-order valence-corrected chi connectivity index (χ4v) is 3.05. The average Bonchev–Trinajstić information content (AvgIpc) is 3.04. The summed E-state index contributed by atoms with van der Waals surface area (Å²) in [5, 5.41) is 8.07. The van der Waals surface area contributed by atoms with Crippen LogP contribution in [-0.2, 0) is 0 Å². The molecule has 1 aliphatic heterocycles. The molecular formula is C20H22FN5O. The number of urea groups is 1.